The lowest BCUT2D eigenvalue weighted by molar-refractivity contribution is -0.139. The molecule has 0 saturated carbocycles. The standard InChI is InChI=1S/C24H31ClFN3O4S/c1-17(23(31)27-24(2,3)4)28(14-13-18-9-7-6-8-10-18)22(30)16-29(34(5,32)33)19-11-12-21(26)20(25)15-19/h6-12,15,17H,13-14,16H2,1-5H3,(H,27,31). The SMILES string of the molecule is CC(C(=O)NC(C)(C)C)N(CCc1ccccc1)C(=O)CN(c1ccc(F)c(Cl)c1)S(C)(=O)=O. The van der Waals surface area contributed by atoms with E-state index in [0.29, 0.717) is 6.42 Å². The summed E-state index contributed by atoms with van der Waals surface area (Å²) in [5, 5.41) is 2.59. The first-order valence-electron chi connectivity index (χ1n) is 10.8. The van der Waals surface area contributed by atoms with E-state index < -0.39 is 39.9 Å². The van der Waals surface area contributed by atoms with Crippen LogP contribution in [0.4, 0.5) is 10.1 Å². The zero-order chi connectivity index (χ0) is 25.7. The van der Waals surface area contributed by atoms with Crippen LogP contribution in [-0.2, 0) is 26.0 Å². The van der Waals surface area contributed by atoms with Gasteiger partial charge in [-0.3, -0.25) is 13.9 Å². The summed E-state index contributed by atoms with van der Waals surface area (Å²) in [5.41, 5.74) is 0.509. The lowest BCUT2D eigenvalue weighted by Gasteiger charge is -2.33. The maximum absolute atomic E-state index is 13.6. The molecule has 2 aromatic carbocycles. The van der Waals surface area contributed by atoms with Crippen LogP contribution in [0.25, 0.3) is 0 Å². The maximum atomic E-state index is 13.6. The van der Waals surface area contributed by atoms with Gasteiger partial charge in [-0.15, -0.1) is 0 Å². The van der Waals surface area contributed by atoms with E-state index in [1.54, 1.807) is 6.92 Å². The molecule has 0 aromatic heterocycles. The van der Waals surface area contributed by atoms with Gasteiger partial charge >= 0.3 is 0 Å². The van der Waals surface area contributed by atoms with Crippen molar-refractivity contribution in [2.45, 2.75) is 45.7 Å². The highest BCUT2D eigenvalue weighted by Gasteiger charge is 2.31. The first-order chi connectivity index (χ1) is 15.7. The molecule has 0 bridgehead atoms. The fourth-order valence-corrected chi connectivity index (χ4v) is 4.31. The van der Waals surface area contributed by atoms with Crippen LogP contribution in [0.15, 0.2) is 48.5 Å². The second-order valence-electron chi connectivity index (χ2n) is 9.11. The number of nitrogens with zero attached hydrogens (tertiary/aromatic N) is 2. The number of halogens is 2. The minimum absolute atomic E-state index is 0.0528. The number of nitrogens with one attached hydrogen (secondary N) is 1. The molecular weight excluding hydrogens is 481 g/mol. The van der Waals surface area contributed by atoms with E-state index in [4.69, 9.17) is 11.6 Å². The molecule has 0 heterocycles. The Morgan fingerprint density at radius 2 is 1.74 bits per heavy atom. The average Bonchev–Trinajstić information content (AvgIpc) is 2.72. The average molecular weight is 512 g/mol. The minimum Gasteiger partial charge on any atom is -0.350 e. The van der Waals surface area contributed by atoms with Gasteiger partial charge in [-0.05, 0) is 57.9 Å². The van der Waals surface area contributed by atoms with Gasteiger partial charge < -0.3 is 10.2 Å². The Bertz CT molecular complexity index is 1120. The summed E-state index contributed by atoms with van der Waals surface area (Å²) >= 11 is 5.83. The summed E-state index contributed by atoms with van der Waals surface area (Å²) in [6.07, 6.45) is 1.42. The van der Waals surface area contributed by atoms with Crippen molar-refractivity contribution >= 4 is 39.1 Å². The summed E-state index contributed by atoms with van der Waals surface area (Å²) in [4.78, 5) is 27.6. The van der Waals surface area contributed by atoms with Crippen molar-refractivity contribution in [2.75, 3.05) is 23.7 Å². The van der Waals surface area contributed by atoms with E-state index in [1.165, 1.54) is 11.0 Å². The number of hydrogen-bond acceptors (Lipinski definition) is 4. The zero-order valence-corrected chi connectivity index (χ0v) is 21.6. The van der Waals surface area contributed by atoms with Gasteiger partial charge in [0, 0.05) is 12.1 Å². The Morgan fingerprint density at radius 1 is 1.12 bits per heavy atom. The zero-order valence-electron chi connectivity index (χ0n) is 20.0. The first-order valence-corrected chi connectivity index (χ1v) is 13.0. The van der Waals surface area contributed by atoms with E-state index in [9.17, 15) is 22.4 Å². The Balaban J connectivity index is 2.34. The quantitative estimate of drug-likeness (QED) is 0.557. The van der Waals surface area contributed by atoms with Crippen LogP contribution in [0.1, 0.15) is 33.3 Å². The molecule has 7 nitrogen and oxygen atoms in total. The summed E-state index contributed by atoms with van der Waals surface area (Å²) in [6.45, 7) is 6.72. The van der Waals surface area contributed by atoms with Gasteiger partial charge in [-0.2, -0.15) is 0 Å². The first kappa shape index (κ1) is 27.6. The Kier molecular flexibility index (Phi) is 9.08. The third-order valence-electron chi connectivity index (χ3n) is 5.02. The highest BCUT2D eigenvalue weighted by Crippen LogP contribution is 2.24. The summed E-state index contributed by atoms with van der Waals surface area (Å²) in [5.74, 6) is -1.63. The Hall–Kier alpha value is -2.65. The van der Waals surface area contributed by atoms with Crippen LogP contribution in [0.2, 0.25) is 5.02 Å². The van der Waals surface area contributed by atoms with Crippen molar-refractivity contribution in [3.63, 3.8) is 0 Å². The maximum Gasteiger partial charge on any atom is 0.244 e. The third-order valence-corrected chi connectivity index (χ3v) is 6.45. The molecule has 34 heavy (non-hydrogen) atoms. The lowest BCUT2D eigenvalue weighted by Crippen LogP contribution is -2.55. The molecule has 2 rings (SSSR count). The van der Waals surface area contributed by atoms with Gasteiger partial charge in [0.15, 0.2) is 0 Å². The molecule has 0 saturated heterocycles. The molecule has 0 radical (unpaired) electrons. The second kappa shape index (κ2) is 11.2. The number of sulfonamides is 1. The van der Waals surface area contributed by atoms with Crippen molar-refractivity contribution < 1.29 is 22.4 Å². The van der Waals surface area contributed by atoms with Crippen molar-refractivity contribution in [3.8, 4) is 0 Å². The summed E-state index contributed by atoms with van der Waals surface area (Å²) in [7, 11) is -3.91. The third kappa shape index (κ3) is 7.99. The molecule has 2 aromatic rings. The predicted octanol–water partition coefficient (Wildman–Crippen LogP) is 3.62. The van der Waals surface area contributed by atoms with Crippen LogP contribution in [0, 0.1) is 5.82 Å². The monoisotopic (exact) mass is 511 g/mol. The van der Waals surface area contributed by atoms with Crippen molar-refractivity contribution in [1.82, 2.24) is 10.2 Å². The molecule has 10 heteroatoms. The number of rotatable bonds is 9. The molecule has 0 aliphatic rings. The van der Waals surface area contributed by atoms with E-state index in [-0.39, 0.29) is 23.2 Å². The minimum atomic E-state index is -3.91. The van der Waals surface area contributed by atoms with Crippen LogP contribution in [0.5, 0.6) is 0 Å². The number of amides is 2. The molecule has 0 spiro atoms. The highest BCUT2D eigenvalue weighted by molar-refractivity contribution is 7.92. The Labute approximate surface area is 205 Å². The molecule has 186 valence electrons. The van der Waals surface area contributed by atoms with Gasteiger partial charge in [-0.1, -0.05) is 41.9 Å². The van der Waals surface area contributed by atoms with Crippen molar-refractivity contribution in [3.05, 3.63) is 64.9 Å². The number of carbonyl (C=O) groups excluding carboxylic acids is 2. The lowest BCUT2D eigenvalue weighted by atomic mass is 10.1. The number of hydrogen-bond donors (Lipinski definition) is 1. The van der Waals surface area contributed by atoms with Crippen LogP contribution >= 0.6 is 11.6 Å². The fraction of sp³-hybridized carbons (Fsp3) is 0.417. The molecule has 1 unspecified atom stereocenters. The number of carbonyl (C=O) groups is 2. The van der Waals surface area contributed by atoms with Crippen molar-refractivity contribution in [2.24, 2.45) is 0 Å². The molecular formula is C24H31ClFN3O4S. The molecule has 1 N–H and O–H groups in total. The smallest absolute Gasteiger partial charge is 0.244 e. The molecule has 0 aliphatic carbocycles. The topological polar surface area (TPSA) is 86.8 Å². The summed E-state index contributed by atoms with van der Waals surface area (Å²) in [6, 6.07) is 12.0. The van der Waals surface area contributed by atoms with Gasteiger partial charge in [-0.25, -0.2) is 12.8 Å². The van der Waals surface area contributed by atoms with Gasteiger partial charge in [0.05, 0.1) is 17.0 Å². The van der Waals surface area contributed by atoms with Crippen molar-refractivity contribution in [1.29, 1.82) is 0 Å². The van der Waals surface area contributed by atoms with Gasteiger partial charge in [0.25, 0.3) is 0 Å². The van der Waals surface area contributed by atoms with E-state index in [1.807, 2.05) is 51.1 Å². The fourth-order valence-electron chi connectivity index (χ4n) is 3.30. The van der Waals surface area contributed by atoms with E-state index in [2.05, 4.69) is 5.32 Å². The largest absolute Gasteiger partial charge is 0.350 e. The predicted molar refractivity (Wildman–Crippen MR) is 133 cm³/mol. The summed E-state index contributed by atoms with van der Waals surface area (Å²) < 4.78 is 39.5. The van der Waals surface area contributed by atoms with Crippen LogP contribution in [0.3, 0.4) is 0 Å². The van der Waals surface area contributed by atoms with Gasteiger partial charge in [0.1, 0.15) is 18.4 Å². The molecule has 1 atom stereocenters. The normalized spacial score (nSPS) is 12.7. The molecule has 0 aliphatic heterocycles. The van der Waals surface area contributed by atoms with Crippen LogP contribution < -0.4 is 9.62 Å². The molecule has 0 fully saturated rings. The van der Waals surface area contributed by atoms with E-state index >= 15 is 0 Å². The Morgan fingerprint density at radius 3 is 2.26 bits per heavy atom. The van der Waals surface area contributed by atoms with Crippen LogP contribution in [-0.4, -0.2) is 56.1 Å². The molecule has 2 amide bonds. The second-order valence-corrected chi connectivity index (χ2v) is 11.4. The van der Waals surface area contributed by atoms with Gasteiger partial charge in [0.2, 0.25) is 21.8 Å². The highest BCUT2D eigenvalue weighted by atomic mass is 35.5. The number of anilines is 1. The number of benzene rings is 2. The van der Waals surface area contributed by atoms with E-state index in [0.717, 1.165) is 28.3 Å².